The minimum atomic E-state index is -2.21. The third-order valence-electron chi connectivity index (χ3n) is 3.94. The van der Waals surface area contributed by atoms with Crippen LogP contribution in [0.3, 0.4) is 0 Å². The van der Waals surface area contributed by atoms with Gasteiger partial charge in [0.05, 0.1) is 25.4 Å². The minimum Gasteiger partial charge on any atom is -0.390 e. The van der Waals surface area contributed by atoms with Crippen LogP contribution >= 0.6 is 34.8 Å². The monoisotopic (exact) mass is 397 g/mol. The van der Waals surface area contributed by atoms with Gasteiger partial charge in [-0.3, -0.25) is 4.79 Å². The Hall–Kier alpha value is -0.600. The Morgan fingerprint density at radius 2 is 1.71 bits per heavy atom. The van der Waals surface area contributed by atoms with E-state index in [0.29, 0.717) is 0 Å². The number of aliphatic hydroxyl groups is 3. The second kappa shape index (κ2) is 8.19. The van der Waals surface area contributed by atoms with Crippen molar-refractivity contribution in [3.8, 4) is 0 Å². The molecule has 4 N–H and O–H groups in total. The summed E-state index contributed by atoms with van der Waals surface area (Å²) < 4.78 is 3.32. The van der Waals surface area contributed by atoms with Crippen molar-refractivity contribution in [3.63, 3.8) is 0 Å². The Bertz CT molecular complexity index is 554. The van der Waals surface area contributed by atoms with Crippen molar-refractivity contribution in [3.05, 3.63) is 35.9 Å². The van der Waals surface area contributed by atoms with E-state index in [1.807, 2.05) is 30.3 Å². The largest absolute Gasteiger partial charge is 0.390 e. The van der Waals surface area contributed by atoms with Gasteiger partial charge in [-0.05, 0) is 5.56 Å². The summed E-state index contributed by atoms with van der Waals surface area (Å²) in [7, 11) is 0. The van der Waals surface area contributed by atoms with Crippen LogP contribution < -0.4 is 5.32 Å². The molecule has 1 amide bonds. The summed E-state index contributed by atoms with van der Waals surface area (Å²) in [5.74, 6) is -1.71. The zero-order chi connectivity index (χ0) is 17.9. The lowest BCUT2D eigenvalue weighted by molar-refractivity contribution is -0.122. The van der Waals surface area contributed by atoms with Crippen LogP contribution in [0.5, 0.6) is 0 Å². The van der Waals surface area contributed by atoms with Gasteiger partial charge in [-0.1, -0.05) is 65.1 Å². The molecular formula is C15H18Cl3NO5. The Morgan fingerprint density at radius 3 is 2.29 bits per heavy atom. The second-order valence-corrected chi connectivity index (χ2v) is 7.91. The van der Waals surface area contributed by atoms with Crippen LogP contribution in [0, 0.1) is 5.92 Å². The fraction of sp³-hybridized carbons (Fsp3) is 0.533. The number of amides is 1. The fourth-order valence-corrected chi connectivity index (χ4v) is 2.81. The van der Waals surface area contributed by atoms with Crippen molar-refractivity contribution in [1.29, 1.82) is 0 Å². The molecule has 1 aliphatic carbocycles. The van der Waals surface area contributed by atoms with Gasteiger partial charge in [-0.15, -0.1) is 0 Å². The molecule has 0 saturated heterocycles. The lowest BCUT2D eigenvalue weighted by Crippen LogP contribution is -2.50. The summed E-state index contributed by atoms with van der Waals surface area (Å²) in [6.07, 6.45) is -4.12. The maximum atomic E-state index is 11.8. The Morgan fingerprint density at radius 1 is 1.08 bits per heavy atom. The molecule has 1 aromatic rings. The van der Waals surface area contributed by atoms with Crippen LogP contribution in [0.15, 0.2) is 30.3 Å². The van der Waals surface area contributed by atoms with Crippen molar-refractivity contribution in [2.24, 2.45) is 5.92 Å². The molecule has 0 unspecified atom stereocenters. The van der Waals surface area contributed by atoms with E-state index in [1.54, 1.807) is 0 Å². The summed E-state index contributed by atoms with van der Waals surface area (Å²) in [4.78, 5) is 11.8. The first-order chi connectivity index (χ1) is 11.2. The molecule has 0 radical (unpaired) electrons. The van der Waals surface area contributed by atoms with Gasteiger partial charge in [0, 0.05) is 5.92 Å². The minimum absolute atomic E-state index is 0.00498. The third kappa shape index (κ3) is 4.73. The molecule has 5 atom stereocenters. The van der Waals surface area contributed by atoms with Crippen LogP contribution in [-0.4, -0.2) is 56.0 Å². The standard InChI is InChI=1S/C15H18Cl3NO5/c16-15(17,18)14(23)19-10-9(11(20)13(22)12(10)21)7-24-6-8-4-2-1-3-5-8/h1-5,9-13,20-22H,6-7H2,(H,19,23)/t9-,10-,11+,12-,13-/m0/s1. The maximum absolute atomic E-state index is 11.8. The number of benzene rings is 1. The molecule has 1 aromatic carbocycles. The van der Waals surface area contributed by atoms with Gasteiger partial charge >= 0.3 is 0 Å². The van der Waals surface area contributed by atoms with Crippen LogP contribution in [-0.2, 0) is 16.1 Å². The highest BCUT2D eigenvalue weighted by molar-refractivity contribution is 6.76. The predicted octanol–water partition coefficient (Wildman–Crippen LogP) is 0.771. The molecule has 9 heteroatoms. The molecular weight excluding hydrogens is 381 g/mol. The molecule has 1 saturated carbocycles. The van der Waals surface area contributed by atoms with Gasteiger partial charge in [0.25, 0.3) is 9.70 Å². The van der Waals surface area contributed by atoms with Crippen molar-refractivity contribution >= 4 is 40.7 Å². The molecule has 0 aliphatic heterocycles. The average molecular weight is 399 g/mol. The van der Waals surface area contributed by atoms with E-state index in [1.165, 1.54) is 0 Å². The van der Waals surface area contributed by atoms with E-state index in [9.17, 15) is 20.1 Å². The van der Waals surface area contributed by atoms with Gasteiger partial charge in [-0.2, -0.15) is 0 Å². The normalized spacial score (nSPS) is 30.3. The number of rotatable bonds is 5. The van der Waals surface area contributed by atoms with E-state index in [2.05, 4.69) is 5.32 Å². The Labute approximate surface area is 154 Å². The number of halogens is 3. The molecule has 24 heavy (non-hydrogen) atoms. The van der Waals surface area contributed by atoms with Crippen LogP contribution in [0.4, 0.5) is 0 Å². The highest BCUT2D eigenvalue weighted by atomic mass is 35.6. The lowest BCUT2D eigenvalue weighted by atomic mass is 10.0. The van der Waals surface area contributed by atoms with Gasteiger partial charge in [0.1, 0.15) is 12.2 Å². The number of hydrogen-bond donors (Lipinski definition) is 4. The smallest absolute Gasteiger partial charge is 0.272 e. The van der Waals surface area contributed by atoms with Crippen molar-refractivity contribution in [2.45, 2.75) is 34.8 Å². The molecule has 0 heterocycles. The van der Waals surface area contributed by atoms with Gasteiger partial charge < -0.3 is 25.4 Å². The van der Waals surface area contributed by atoms with Gasteiger partial charge in [0.15, 0.2) is 0 Å². The molecule has 2 rings (SSSR count). The number of nitrogens with one attached hydrogen (secondary N) is 1. The molecule has 0 spiro atoms. The van der Waals surface area contributed by atoms with Crippen molar-refractivity contribution in [1.82, 2.24) is 5.32 Å². The number of carbonyl (C=O) groups is 1. The summed E-state index contributed by atoms with van der Waals surface area (Å²) in [6.45, 7) is 0.274. The molecule has 0 aromatic heterocycles. The highest BCUT2D eigenvalue weighted by Gasteiger charge is 2.50. The maximum Gasteiger partial charge on any atom is 0.272 e. The summed E-state index contributed by atoms with van der Waals surface area (Å²) in [5, 5.41) is 32.3. The first-order valence-corrected chi connectivity index (χ1v) is 8.38. The average Bonchev–Trinajstić information content (AvgIpc) is 2.73. The first kappa shape index (κ1) is 19.7. The lowest BCUT2D eigenvalue weighted by Gasteiger charge is -2.25. The fourth-order valence-electron chi connectivity index (χ4n) is 2.65. The Balaban J connectivity index is 1.99. The summed E-state index contributed by atoms with van der Waals surface area (Å²) >= 11 is 16.5. The van der Waals surface area contributed by atoms with E-state index >= 15 is 0 Å². The molecule has 134 valence electrons. The first-order valence-electron chi connectivity index (χ1n) is 7.25. The Kier molecular flexibility index (Phi) is 6.73. The predicted molar refractivity (Wildman–Crippen MR) is 89.8 cm³/mol. The van der Waals surface area contributed by atoms with Crippen LogP contribution in [0.25, 0.3) is 0 Å². The van der Waals surface area contributed by atoms with Gasteiger partial charge in [-0.25, -0.2) is 0 Å². The van der Waals surface area contributed by atoms with Crippen molar-refractivity contribution in [2.75, 3.05) is 6.61 Å². The SMILES string of the molecule is O=C(N[C@@H]1[C@H](O)[C@@H](O)[C@H](O)[C@H]1COCc1ccccc1)C(Cl)(Cl)Cl. The summed E-state index contributed by atoms with van der Waals surface area (Å²) in [6, 6.07) is 8.34. The van der Waals surface area contributed by atoms with Crippen LogP contribution in [0.1, 0.15) is 5.56 Å². The van der Waals surface area contributed by atoms with Crippen LogP contribution in [0.2, 0.25) is 0 Å². The van der Waals surface area contributed by atoms with E-state index in [0.717, 1.165) is 5.56 Å². The molecule has 1 fully saturated rings. The third-order valence-corrected chi connectivity index (χ3v) is 4.46. The zero-order valence-corrected chi connectivity index (χ0v) is 14.7. The number of alkyl halides is 3. The number of ether oxygens (including phenoxy) is 1. The summed E-state index contributed by atoms with van der Waals surface area (Å²) in [5.41, 5.74) is 0.924. The number of aliphatic hydroxyl groups excluding tert-OH is 3. The number of hydrogen-bond acceptors (Lipinski definition) is 5. The second-order valence-electron chi connectivity index (χ2n) is 5.63. The van der Waals surface area contributed by atoms with E-state index in [-0.39, 0.29) is 13.2 Å². The van der Waals surface area contributed by atoms with E-state index in [4.69, 9.17) is 39.5 Å². The zero-order valence-electron chi connectivity index (χ0n) is 12.5. The quantitative estimate of drug-likeness (QED) is 0.549. The molecule has 1 aliphatic rings. The molecule has 6 nitrogen and oxygen atoms in total. The molecule has 0 bridgehead atoms. The number of carbonyl (C=O) groups excluding carboxylic acids is 1. The highest BCUT2D eigenvalue weighted by Crippen LogP contribution is 2.31. The van der Waals surface area contributed by atoms with Crippen molar-refractivity contribution < 1.29 is 24.9 Å². The van der Waals surface area contributed by atoms with Gasteiger partial charge in [0.2, 0.25) is 0 Å². The topological polar surface area (TPSA) is 99.0 Å². The van der Waals surface area contributed by atoms with E-state index < -0.39 is 40.0 Å².